The molecule has 8 heteroatoms. The van der Waals surface area contributed by atoms with Gasteiger partial charge in [-0.1, -0.05) is 0 Å². The monoisotopic (exact) mass is 337 g/mol. The number of nitrogens with zero attached hydrogens (tertiary/aromatic N) is 4. The van der Waals surface area contributed by atoms with Gasteiger partial charge in [0.1, 0.15) is 17.5 Å². The third kappa shape index (κ3) is 4.46. The van der Waals surface area contributed by atoms with E-state index in [-0.39, 0.29) is 12.5 Å². The normalized spacial score (nSPS) is 18.4. The van der Waals surface area contributed by atoms with Crippen LogP contribution in [0.2, 0.25) is 0 Å². The molecule has 0 radical (unpaired) electrons. The van der Waals surface area contributed by atoms with Gasteiger partial charge in [0.2, 0.25) is 5.91 Å². The summed E-state index contributed by atoms with van der Waals surface area (Å²) >= 11 is 0. The molecule has 1 aromatic rings. The molecule has 1 aliphatic heterocycles. The number of amides is 2. The highest BCUT2D eigenvalue weighted by Gasteiger charge is 2.34. The molecule has 1 N–H and O–H groups in total. The fourth-order valence-electron chi connectivity index (χ4n) is 2.63. The molecule has 2 rings (SSSR count). The van der Waals surface area contributed by atoms with Crippen molar-refractivity contribution in [2.45, 2.75) is 65.1 Å². The number of carbonyl (C=O) groups excluding carboxylic acids is 2. The predicted molar refractivity (Wildman–Crippen MR) is 88.2 cm³/mol. The number of carbonyl (C=O) groups is 2. The number of nitrogens with one attached hydrogen (secondary N) is 1. The first-order valence-corrected chi connectivity index (χ1v) is 8.31. The number of aromatic nitrogens is 3. The first-order chi connectivity index (χ1) is 11.2. The summed E-state index contributed by atoms with van der Waals surface area (Å²) in [7, 11) is 1.85. The molecule has 134 valence electrons. The predicted octanol–water partition coefficient (Wildman–Crippen LogP) is 1.53. The zero-order chi connectivity index (χ0) is 17.9. The van der Waals surface area contributed by atoms with E-state index in [0.717, 1.165) is 18.7 Å². The van der Waals surface area contributed by atoms with Gasteiger partial charge < -0.3 is 14.6 Å². The van der Waals surface area contributed by atoms with E-state index >= 15 is 0 Å². The van der Waals surface area contributed by atoms with Crippen LogP contribution in [0.5, 0.6) is 0 Å². The summed E-state index contributed by atoms with van der Waals surface area (Å²) in [5, 5.41) is 10.9. The van der Waals surface area contributed by atoms with Crippen molar-refractivity contribution in [2.24, 2.45) is 7.05 Å². The Bertz CT molecular complexity index is 605. The number of ether oxygens (including phenoxy) is 1. The van der Waals surface area contributed by atoms with Crippen LogP contribution < -0.4 is 5.32 Å². The lowest BCUT2D eigenvalue weighted by Gasteiger charge is -2.35. The maximum absolute atomic E-state index is 12.6. The molecule has 8 nitrogen and oxygen atoms in total. The Morgan fingerprint density at radius 2 is 2.00 bits per heavy atom. The Kier molecular flexibility index (Phi) is 5.46. The second-order valence-corrected chi connectivity index (χ2v) is 7.13. The van der Waals surface area contributed by atoms with Crippen LogP contribution in [-0.4, -0.2) is 49.9 Å². The SMILES string of the molecule is Cc1nnc(CNC(=O)[C@@H]2CCCCN2C(=O)OC(C)(C)C)n1C. The molecule has 0 spiro atoms. The summed E-state index contributed by atoms with van der Waals surface area (Å²) < 4.78 is 7.25. The van der Waals surface area contributed by atoms with E-state index in [9.17, 15) is 9.59 Å². The maximum atomic E-state index is 12.6. The van der Waals surface area contributed by atoms with E-state index in [0.29, 0.717) is 18.8 Å². The Morgan fingerprint density at radius 1 is 1.29 bits per heavy atom. The zero-order valence-electron chi connectivity index (χ0n) is 15.1. The minimum atomic E-state index is -0.578. The van der Waals surface area contributed by atoms with E-state index in [1.807, 2.05) is 39.3 Å². The van der Waals surface area contributed by atoms with Gasteiger partial charge in [0.15, 0.2) is 5.82 Å². The van der Waals surface area contributed by atoms with E-state index in [1.54, 1.807) is 0 Å². The van der Waals surface area contributed by atoms with E-state index in [4.69, 9.17) is 4.74 Å². The average molecular weight is 337 g/mol. The average Bonchev–Trinajstić information content (AvgIpc) is 2.82. The highest BCUT2D eigenvalue weighted by molar-refractivity contribution is 5.85. The smallest absolute Gasteiger partial charge is 0.410 e. The van der Waals surface area contributed by atoms with Gasteiger partial charge in [-0.3, -0.25) is 9.69 Å². The van der Waals surface area contributed by atoms with Crippen molar-refractivity contribution in [1.82, 2.24) is 25.0 Å². The van der Waals surface area contributed by atoms with Crippen molar-refractivity contribution in [3.8, 4) is 0 Å². The molecule has 1 fully saturated rings. The number of hydrogen-bond donors (Lipinski definition) is 1. The van der Waals surface area contributed by atoms with Crippen molar-refractivity contribution in [1.29, 1.82) is 0 Å². The fourth-order valence-corrected chi connectivity index (χ4v) is 2.63. The first-order valence-electron chi connectivity index (χ1n) is 8.31. The van der Waals surface area contributed by atoms with Crippen LogP contribution >= 0.6 is 0 Å². The fraction of sp³-hybridized carbons (Fsp3) is 0.750. The zero-order valence-corrected chi connectivity index (χ0v) is 15.1. The third-order valence-electron chi connectivity index (χ3n) is 4.04. The Balaban J connectivity index is 1.99. The molecule has 0 aliphatic carbocycles. The lowest BCUT2D eigenvalue weighted by Crippen LogP contribution is -2.53. The van der Waals surface area contributed by atoms with Gasteiger partial charge in [0.05, 0.1) is 6.54 Å². The van der Waals surface area contributed by atoms with Crippen LogP contribution in [0, 0.1) is 6.92 Å². The van der Waals surface area contributed by atoms with Gasteiger partial charge in [0.25, 0.3) is 0 Å². The molecule has 0 unspecified atom stereocenters. The summed E-state index contributed by atoms with van der Waals surface area (Å²) in [4.78, 5) is 26.4. The number of piperidine rings is 1. The Labute approximate surface area is 142 Å². The van der Waals surface area contributed by atoms with Crippen LogP contribution in [0.1, 0.15) is 51.7 Å². The minimum Gasteiger partial charge on any atom is -0.444 e. The molecule has 24 heavy (non-hydrogen) atoms. The molecule has 1 saturated heterocycles. The number of aryl methyl sites for hydroxylation is 1. The lowest BCUT2D eigenvalue weighted by atomic mass is 10.0. The van der Waals surface area contributed by atoms with Crippen molar-refractivity contribution in [2.75, 3.05) is 6.54 Å². The standard InChI is InChI=1S/C16H27N5O3/c1-11-18-19-13(20(11)5)10-17-14(22)12-8-6-7-9-21(12)15(23)24-16(2,3)4/h12H,6-10H2,1-5H3,(H,17,22)/t12-/m0/s1. The van der Waals surface area contributed by atoms with Crippen LogP contribution in [0.15, 0.2) is 0 Å². The summed E-state index contributed by atoms with van der Waals surface area (Å²) in [6.07, 6.45) is 2.01. The topological polar surface area (TPSA) is 89.3 Å². The van der Waals surface area contributed by atoms with Gasteiger partial charge in [-0.15, -0.1) is 10.2 Å². The van der Waals surface area contributed by atoms with Gasteiger partial charge in [-0.05, 0) is 47.0 Å². The Hall–Kier alpha value is -2.12. The largest absolute Gasteiger partial charge is 0.444 e. The van der Waals surface area contributed by atoms with Crippen LogP contribution in [0.3, 0.4) is 0 Å². The highest BCUT2D eigenvalue weighted by atomic mass is 16.6. The van der Waals surface area contributed by atoms with Crippen LogP contribution in [-0.2, 0) is 23.1 Å². The molecule has 1 aliphatic rings. The number of hydrogen-bond acceptors (Lipinski definition) is 5. The second-order valence-electron chi connectivity index (χ2n) is 7.13. The Morgan fingerprint density at radius 3 is 2.58 bits per heavy atom. The third-order valence-corrected chi connectivity index (χ3v) is 4.04. The number of rotatable bonds is 3. The summed E-state index contributed by atoms with van der Waals surface area (Å²) in [6.45, 7) is 8.13. The molecular weight excluding hydrogens is 310 g/mol. The quantitative estimate of drug-likeness (QED) is 0.903. The van der Waals surface area contributed by atoms with Crippen LogP contribution in [0.25, 0.3) is 0 Å². The van der Waals surface area contributed by atoms with Gasteiger partial charge in [-0.25, -0.2) is 4.79 Å². The number of likely N-dealkylation sites (tertiary alicyclic amines) is 1. The summed E-state index contributed by atoms with van der Waals surface area (Å²) in [5.41, 5.74) is -0.578. The van der Waals surface area contributed by atoms with Crippen molar-refractivity contribution in [3.05, 3.63) is 11.6 Å². The minimum absolute atomic E-state index is 0.179. The van der Waals surface area contributed by atoms with Crippen molar-refractivity contribution < 1.29 is 14.3 Å². The lowest BCUT2D eigenvalue weighted by molar-refractivity contribution is -0.127. The highest BCUT2D eigenvalue weighted by Crippen LogP contribution is 2.20. The molecule has 2 amide bonds. The molecular formula is C16H27N5O3. The molecule has 0 bridgehead atoms. The van der Waals surface area contributed by atoms with Crippen LogP contribution in [0.4, 0.5) is 4.79 Å². The molecule has 0 saturated carbocycles. The van der Waals surface area contributed by atoms with Crippen molar-refractivity contribution in [3.63, 3.8) is 0 Å². The maximum Gasteiger partial charge on any atom is 0.410 e. The summed E-state index contributed by atoms with van der Waals surface area (Å²) in [6, 6.07) is -0.497. The van der Waals surface area contributed by atoms with E-state index in [2.05, 4.69) is 15.5 Å². The van der Waals surface area contributed by atoms with Gasteiger partial charge >= 0.3 is 6.09 Å². The van der Waals surface area contributed by atoms with Gasteiger partial charge in [-0.2, -0.15) is 0 Å². The molecule has 1 atom stereocenters. The van der Waals surface area contributed by atoms with Crippen molar-refractivity contribution >= 4 is 12.0 Å². The first kappa shape index (κ1) is 18.2. The second kappa shape index (κ2) is 7.19. The molecule has 1 aromatic heterocycles. The van der Waals surface area contributed by atoms with E-state index in [1.165, 1.54) is 4.90 Å². The summed E-state index contributed by atoms with van der Waals surface area (Å²) in [5.74, 6) is 1.29. The van der Waals surface area contributed by atoms with E-state index < -0.39 is 17.7 Å². The molecule has 2 heterocycles. The van der Waals surface area contributed by atoms with Gasteiger partial charge in [0, 0.05) is 13.6 Å². The molecule has 0 aromatic carbocycles.